The standard InChI is InChI=1S/C21H23N3O4S/c1-13-8-14(2)10-15(9-13)24-20(26)19-17(5-7-29-19)23(21(24)27)12-18(25)22-11-16-4-3-6-28-16/h5,7-10,16H,3-4,6,11-12H2,1-2H3,(H,22,25)/t16-/m1/s1. The third-order valence-corrected chi connectivity index (χ3v) is 5.96. The molecule has 1 atom stereocenters. The molecule has 0 aliphatic carbocycles. The van der Waals surface area contributed by atoms with Crippen LogP contribution >= 0.6 is 11.3 Å². The number of aromatic nitrogens is 2. The maximum absolute atomic E-state index is 13.2. The van der Waals surface area contributed by atoms with Crippen LogP contribution in [0, 0.1) is 13.8 Å². The van der Waals surface area contributed by atoms with Gasteiger partial charge in [-0.15, -0.1) is 11.3 Å². The van der Waals surface area contributed by atoms with Gasteiger partial charge in [0.1, 0.15) is 11.2 Å². The summed E-state index contributed by atoms with van der Waals surface area (Å²) in [7, 11) is 0. The molecular weight excluding hydrogens is 390 g/mol. The van der Waals surface area contributed by atoms with Gasteiger partial charge in [0, 0.05) is 13.2 Å². The van der Waals surface area contributed by atoms with Crippen molar-refractivity contribution in [2.45, 2.75) is 39.3 Å². The minimum atomic E-state index is -0.516. The molecule has 2 aromatic heterocycles. The Hall–Kier alpha value is -2.71. The van der Waals surface area contributed by atoms with Crippen molar-refractivity contribution in [1.29, 1.82) is 0 Å². The fourth-order valence-corrected chi connectivity index (χ4v) is 4.60. The van der Waals surface area contributed by atoms with E-state index in [4.69, 9.17) is 4.74 Å². The molecule has 7 nitrogen and oxygen atoms in total. The quantitative estimate of drug-likeness (QED) is 0.695. The number of aryl methyl sites for hydroxylation is 2. The first-order chi connectivity index (χ1) is 13.9. The topological polar surface area (TPSA) is 82.3 Å². The van der Waals surface area contributed by atoms with E-state index in [9.17, 15) is 14.4 Å². The minimum Gasteiger partial charge on any atom is -0.376 e. The van der Waals surface area contributed by atoms with E-state index in [1.54, 1.807) is 23.6 Å². The molecule has 8 heteroatoms. The molecule has 3 heterocycles. The Morgan fingerprint density at radius 1 is 1.24 bits per heavy atom. The first kappa shape index (κ1) is 19.6. The zero-order chi connectivity index (χ0) is 20.5. The average molecular weight is 413 g/mol. The van der Waals surface area contributed by atoms with Gasteiger partial charge in [-0.25, -0.2) is 9.36 Å². The van der Waals surface area contributed by atoms with Gasteiger partial charge in [0.05, 0.1) is 17.3 Å². The number of nitrogens with zero attached hydrogens (tertiary/aromatic N) is 2. The number of hydrogen-bond donors (Lipinski definition) is 1. The molecule has 1 fully saturated rings. The lowest BCUT2D eigenvalue weighted by molar-refractivity contribution is -0.122. The van der Waals surface area contributed by atoms with Crippen LogP contribution in [0.4, 0.5) is 0 Å². The van der Waals surface area contributed by atoms with Gasteiger partial charge in [-0.05, 0) is 61.4 Å². The Morgan fingerprint density at radius 2 is 2.00 bits per heavy atom. The van der Waals surface area contributed by atoms with Gasteiger partial charge in [-0.3, -0.25) is 14.2 Å². The first-order valence-electron chi connectivity index (χ1n) is 9.64. The summed E-state index contributed by atoms with van der Waals surface area (Å²) < 4.78 is 8.51. The van der Waals surface area contributed by atoms with Crippen molar-refractivity contribution in [3.63, 3.8) is 0 Å². The fourth-order valence-electron chi connectivity index (χ4n) is 3.78. The second-order valence-electron chi connectivity index (χ2n) is 7.43. The average Bonchev–Trinajstić information content (AvgIpc) is 3.34. The Kier molecular flexibility index (Phi) is 5.38. The van der Waals surface area contributed by atoms with E-state index in [1.165, 1.54) is 15.9 Å². The predicted molar refractivity (Wildman–Crippen MR) is 113 cm³/mol. The molecule has 3 aromatic rings. The van der Waals surface area contributed by atoms with Crippen LogP contribution in [0.25, 0.3) is 15.9 Å². The molecule has 0 bridgehead atoms. The van der Waals surface area contributed by atoms with Gasteiger partial charge in [0.2, 0.25) is 5.91 Å². The number of carbonyl (C=O) groups excluding carboxylic acids is 1. The molecule has 0 saturated carbocycles. The van der Waals surface area contributed by atoms with Crippen molar-refractivity contribution in [2.24, 2.45) is 0 Å². The summed E-state index contributed by atoms with van der Waals surface area (Å²) in [5.74, 6) is -0.277. The summed E-state index contributed by atoms with van der Waals surface area (Å²) in [5, 5.41) is 4.60. The highest BCUT2D eigenvalue weighted by Gasteiger charge is 2.19. The van der Waals surface area contributed by atoms with Gasteiger partial charge in [-0.2, -0.15) is 0 Å². The Balaban J connectivity index is 1.74. The maximum Gasteiger partial charge on any atom is 0.336 e. The van der Waals surface area contributed by atoms with E-state index in [-0.39, 0.29) is 24.1 Å². The van der Waals surface area contributed by atoms with Crippen LogP contribution in [-0.4, -0.2) is 34.3 Å². The number of hydrogen-bond acceptors (Lipinski definition) is 5. The minimum absolute atomic E-state index is 0.0288. The van der Waals surface area contributed by atoms with Crippen LogP contribution in [0.15, 0.2) is 39.2 Å². The molecule has 1 aromatic carbocycles. The van der Waals surface area contributed by atoms with Crippen LogP contribution in [0.3, 0.4) is 0 Å². The van der Waals surface area contributed by atoms with Crippen molar-refractivity contribution in [1.82, 2.24) is 14.5 Å². The Morgan fingerprint density at radius 3 is 2.69 bits per heavy atom. The lowest BCUT2D eigenvalue weighted by Gasteiger charge is -2.14. The Labute approximate surface area is 171 Å². The van der Waals surface area contributed by atoms with Gasteiger partial charge in [-0.1, -0.05) is 6.07 Å². The van der Waals surface area contributed by atoms with Crippen LogP contribution in [0.1, 0.15) is 24.0 Å². The normalized spacial score (nSPS) is 16.4. The molecule has 4 rings (SSSR count). The number of thiophene rings is 1. The number of ether oxygens (including phenoxy) is 1. The third-order valence-electron chi connectivity index (χ3n) is 5.07. The molecule has 29 heavy (non-hydrogen) atoms. The number of carbonyl (C=O) groups is 1. The van der Waals surface area contributed by atoms with Crippen LogP contribution in [-0.2, 0) is 16.1 Å². The lowest BCUT2D eigenvalue weighted by Crippen LogP contribution is -2.42. The molecular formula is C21H23N3O4S. The summed E-state index contributed by atoms with van der Waals surface area (Å²) in [6, 6.07) is 7.30. The fraction of sp³-hybridized carbons (Fsp3) is 0.381. The summed E-state index contributed by atoms with van der Waals surface area (Å²) >= 11 is 1.27. The summed E-state index contributed by atoms with van der Waals surface area (Å²) in [5.41, 5.74) is 2.04. The smallest absolute Gasteiger partial charge is 0.336 e. The SMILES string of the molecule is Cc1cc(C)cc(-n2c(=O)c3sccc3n(CC(=O)NC[C@H]3CCCO3)c2=O)c1. The molecule has 1 N–H and O–H groups in total. The van der Waals surface area contributed by atoms with Crippen LogP contribution in [0.5, 0.6) is 0 Å². The number of amides is 1. The molecule has 1 amide bonds. The lowest BCUT2D eigenvalue weighted by atomic mass is 10.1. The first-order valence-corrected chi connectivity index (χ1v) is 10.5. The molecule has 1 saturated heterocycles. The van der Waals surface area contributed by atoms with Crippen LogP contribution in [0.2, 0.25) is 0 Å². The summed E-state index contributed by atoms with van der Waals surface area (Å²) in [6.45, 7) is 4.84. The van der Waals surface area contributed by atoms with Crippen molar-refractivity contribution in [3.05, 3.63) is 61.6 Å². The highest BCUT2D eigenvalue weighted by Crippen LogP contribution is 2.17. The van der Waals surface area contributed by atoms with E-state index in [1.807, 2.05) is 19.9 Å². The van der Waals surface area contributed by atoms with E-state index >= 15 is 0 Å². The monoisotopic (exact) mass is 413 g/mol. The predicted octanol–water partition coefficient (Wildman–Crippen LogP) is 2.13. The van der Waals surface area contributed by atoms with Crippen molar-refractivity contribution in [3.8, 4) is 5.69 Å². The number of benzene rings is 1. The largest absolute Gasteiger partial charge is 0.376 e. The molecule has 0 radical (unpaired) electrons. The number of nitrogens with one attached hydrogen (secondary N) is 1. The van der Waals surface area contributed by atoms with E-state index in [2.05, 4.69) is 5.32 Å². The Bertz CT molecular complexity index is 1160. The van der Waals surface area contributed by atoms with E-state index < -0.39 is 5.69 Å². The summed E-state index contributed by atoms with van der Waals surface area (Å²) in [6.07, 6.45) is 1.95. The zero-order valence-electron chi connectivity index (χ0n) is 16.4. The maximum atomic E-state index is 13.2. The second-order valence-corrected chi connectivity index (χ2v) is 8.35. The van der Waals surface area contributed by atoms with Crippen molar-refractivity contribution < 1.29 is 9.53 Å². The van der Waals surface area contributed by atoms with Crippen molar-refractivity contribution in [2.75, 3.05) is 13.2 Å². The van der Waals surface area contributed by atoms with Gasteiger partial charge in [0.25, 0.3) is 5.56 Å². The molecule has 0 spiro atoms. The highest BCUT2D eigenvalue weighted by molar-refractivity contribution is 7.17. The van der Waals surface area contributed by atoms with Gasteiger partial charge >= 0.3 is 5.69 Å². The number of rotatable bonds is 5. The van der Waals surface area contributed by atoms with Crippen molar-refractivity contribution >= 4 is 27.5 Å². The van der Waals surface area contributed by atoms with Gasteiger partial charge in [0.15, 0.2) is 0 Å². The number of fused-ring (bicyclic) bond motifs is 1. The zero-order valence-corrected chi connectivity index (χ0v) is 17.3. The molecule has 0 unspecified atom stereocenters. The van der Waals surface area contributed by atoms with Crippen LogP contribution < -0.4 is 16.6 Å². The molecule has 1 aliphatic rings. The molecule has 152 valence electrons. The second kappa shape index (κ2) is 7.96. The van der Waals surface area contributed by atoms with Gasteiger partial charge < -0.3 is 10.1 Å². The summed E-state index contributed by atoms with van der Waals surface area (Å²) in [4.78, 5) is 38.8. The van der Waals surface area contributed by atoms with E-state index in [0.717, 1.165) is 35.1 Å². The van der Waals surface area contributed by atoms with E-state index in [0.29, 0.717) is 22.4 Å². The molecule has 1 aliphatic heterocycles. The highest BCUT2D eigenvalue weighted by atomic mass is 32.1. The third kappa shape index (κ3) is 3.90.